The smallest absolute Gasteiger partial charge is 0.340 e. The number of rotatable bonds is 7. The Labute approximate surface area is 182 Å². The summed E-state index contributed by atoms with van der Waals surface area (Å²) < 4.78 is 12.3. The molecule has 3 N–H and O–H groups in total. The first kappa shape index (κ1) is 22.6. The highest BCUT2D eigenvalue weighted by molar-refractivity contribution is 5.92. The third-order valence-electron chi connectivity index (χ3n) is 5.62. The molecule has 7 nitrogen and oxygen atoms in total. The van der Waals surface area contributed by atoms with Crippen molar-refractivity contribution < 1.29 is 19.4 Å². The molecule has 0 amide bonds. The van der Waals surface area contributed by atoms with Gasteiger partial charge >= 0.3 is 5.97 Å². The van der Waals surface area contributed by atoms with Crippen LogP contribution in [0.15, 0.2) is 46.6 Å². The molecule has 7 heteroatoms. The van der Waals surface area contributed by atoms with Gasteiger partial charge in [0.25, 0.3) is 5.56 Å². The first-order valence-electron chi connectivity index (χ1n) is 10.6. The average molecular weight is 427 g/mol. The van der Waals surface area contributed by atoms with E-state index in [2.05, 4.69) is 13.8 Å². The van der Waals surface area contributed by atoms with E-state index in [1.807, 2.05) is 31.2 Å². The molecular weight excluding hydrogens is 396 g/mol. The van der Waals surface area contributed by atoms with E-state index in [4.69, 9.17) is 15.2 Å². The molecule has 1 unspecified atom stereocenters. The molecule has 0 bridgehead atoms. The Bertz CT molecular complexity index is 1050. The number of aliphatic hydroxyl groups is 1. The van der Waals surface area contributed by atoms with Crippen molar-refractivity contribution >= 4 is 5.97 Å². The van der Waals surface area contributed by atoms with Crippen LogP contribution in [-0.4, -0.2) is 29.4 Å². The third kappa shape index (κ3) is 4.23. The van der Waals surface area contributed by atoms with Crippen molar-refractivity contribution in [2.45, 2.75) is 52.0 Å². The fourth-order valence-corrected chi connectivity index (χ4v) is 4.04. The third-order valence-corrected chi connectivity index (χ3v) is 5.62. The van der Waals surface area contributed by atoms with Gasteiger partial charge in [-0.2, -0.15) is 0 Å². The highest BCUT2D eigenvalue weighted by Gasteiger charge is 2.38. The van der Waals surface area contributed by atoms with Crippen LogP contribution >= 0.6 is 0 Å². The van der Waals surface area contributed by atoms with E-state index in [9.17, 15) is 14.7 Å². The minimum Gasteiger partial charge on any atom is -0.465 e. The molecule has 166 valence electrons. The fraction of sp³-hybridized carbons (Fsp3) is 0.417. The number of aromatic nitrogens is 1. The number of aryl methyl sites for hydroxylation is 1. The molecule has 1 aromatic heterocycles. The second-order valence-corrected chi connectivity index (χ2v) is 7.97. The van der Waals surface area contributed by atoms with Crippen LogP contribution in [0.5, 0.6) is 5.75 Å². The largest absolute Gasteiger partial charge is 0.465 e. The number of hydrogen-bond acceptors (Lipinski definition) is 6. The maximum atomic E-state index is 13.6. The number of aliphatic hydroxyl groups excluding tert-OH is 1. The van der Waals surface area contributed by atoms with Gasteiger partial charge in [-0.3, -0.25) is 4.79 Å². The Balaban J connectivity index is 2.29. The first-order valence-corrected chi connectivity index (χ1v) is 10.6. The quantitative estimate of drug-likeness (QED) is 0.660. The monoisotopic (exact) mass is 426 g/mol. The van der Waals surface area contributed by atoms with Crippen LogP contribution < -0.4 is 16.0 Å². The maximum absolute atomic E-state index is 13.6. The fourth-order valence-electron chi connectivity index (χ4n) is 4.04. The van der Waals surface area contributed by atoms with Crippen LogP contribution in [0.25, 0.3) is 0 Å². The number of carbonyl (C=O) groups is 1. The Morgan fingerprint density at radius 2 is 1.97 bits per heavy atom. The van der Waals surface area contributed by atoms with Crippen molar-refractivity contribution in [3.63, 3.8) is 0 Å². The maximum Gasteiger partial charge on any atom is 0.340 e. The minimum atomic E-state index is -0.731. The second kappa shape index (κ2) is 9.39. The van der Waals surface area contributed by atoms with Crippen molar-refractivity contribution in [3.05, 3.63) is 74.5 Å². The number of carbonyl (C=O) groups excluding carboxylic acids is 1. The summed E-state index contributed by atoms with van der Waals surface area (Å²) in [4.78, 5) is 26.2. The van der Waals surface area contributed by atoms with Gasteiger partial charge in [-0.1, -0.05) is 51.5 Å². The minimum absolute atomic E-state index is 0.0703. The molecule has 0 saturated heterocycles. The molecule has 1 aromatic carbocycles. The number of methoxy groups -OCH3 is 1. The summed E-state index contributed by atoms with van der Waals surface area (Å²) in [6.07, 6.45) is 1.47. The number of esters is 1. The SMILES string of the molecule is CCCc1cc2c(c(=O)n1CCO)C(c1ccc(C(C)C)cc1)C(C(=O)OC)=C(N)O2. The Morgan fingerprint density at radius 3 is 2.52 bits per heavy atom. The molecule has 1 aliphatic rings. The van der Waals surface area contributed by atoms with E-state index in [0.29, 0.717) is 23.7 Å². The standard InChI is InChI=1S/C24H30N2O5/c1-5-6-17-13-18-20(23(28)26(17)11-12-27)19(21(22(25)31-18)24(29)30-4)16-9-7-15(8-10-16)14(2)3/h7-10,13-14,19,27H,5-6,11-12,25H2,1-4H3. The lowest BCUT2D eigenvalue weighted by molar-refractivity contribution is -0.136. The number of benzene rings is 1. The van der Waals surface area contributed by atoms with Gasteiger partial charge in [0.15, 0.2) is 0 Å². The molecule has 0 saturated carbocycles. The lowest BCUT2D eigenvalue weighted by Crippen LogP contribution is -2.36. The van der Waals surface area contributed by atoms with Crippen LogP contribution in [0.1, 0.15) is 61.4 Å². The van der Waals surface area contributed by atoms with E-state index in [1.54, 1.807) is 10.6 Å². The van der Waals surface area contributed by atoms with Crippen molar-refractivity contribution in [2.75, 3.05) is 13.7 Å². The van der Waals surface area contributed by atoms with E-state index < -0.39 is 11.9 Å². The number of hydrogen-bond donors (Lipinski definition) is 2. The Hall–Kier alpha value is -3.06. The zero-order valence-electron chi connectivity index (χ0n) is 18.5. The topological polar surface area (TPSA) is 104 Å². The summed E-state index contributed by atoms with van der Waals surface area (Å²) in [5.74, 6) is -0.766. The molecule has 3 rings (SSSR count). The van der Waals surface area contributed by atoms with E-state index >= 15 is 0 Å². The molecule has 0 radical (unpaired) electrons. The van der Waals surface area contributed by atoms with Gasteiger partial charge in [-0.15, -0.1) is 0 Å². The normalized spacial score (nSPS) is 15.6. The molecule has 2 aromatic rings. The van der Waals surface area contributed by atoms with Crippen LogP contribution in [0, 0.1) is 0 Å². The van der Waals surface area contributed by atoms with Crippen LogP contribution in [0.4, 0.5) is 0 Å². The number of nitrogens with zero attached hydrogens (tertiary/aromatic N) is 1. The van der Waals surface area contributed by atoms with E-state index in [1.165, 1.54) is 7.11 Å². The highest BCUT2D eigenvalue weighted by Crippen LogP contribution is 2.41. The summed E-state index contributed by atoms with van der Waals surface area (Å²) in [5, 5.41) is 9.53. The van der Waals surface area contributed by atoms with Crippen molar-refractivity contribution in [1.82, 2.24) is 4.57 Å². The molecule has 1 atom stereocenters. The number of nitrogens with two attached hydrogens (primary N) is 1. The first-order chi connectivity index (χ1) is 14.8. The van der Waals surface area contributed by atoms with E-state index in [0.717, 1.165) is 23.2 Å². The van der Waals surface area contributed by atoms with Gasteiger partial charge in [-0.25, -0.2) is 4.79 Å². The van der Waals surface area contributed by atoms with Crippen LogP contribution in [0.3, 0.4) is 0 Å². The van der Waals surface area contributed by atoms with Gasteiger partial charge in [0.2, 0.25) is 5.88 Å². The number of ether oxygens (including phenoxy) is 2. The van der Waals surface area contributed by atoms with Crippen molar-refractivity contribution in [3.8, 4) is 5.75 Å². The Morgan fingerprint density at radius 1 is 1.29 bits per heavy atom. The summed E-state index contributed by atoms with van der Waals surface area (Å²) in [5.41, 5.74) is 8.91. The number of pyridine rings is 1. The molecule has 0 spiro atoms. The van der Waals surface area contributed by atoms with Gasteiger partial charge in [0, 0.05) is 18.3 Å². The summed E-state index contributed by atoms with van der Waals surface area (Å²) in [6, 6.07) is 9.56. The van der Waals surface area contributed by atoms with Crippen LogP contribution in [-0.2, 0) is 22.5 Å². The van der Waals surface area contributed by atoms with Gasteiger partial charge < -0.3 is 24.9 Å². The second-order valence-electron chi connectivity index (χ2n) is 7.97. The Kier molecular flexibility index (Phi) is 6.85. The molecule has 2 heterocycles. The summed E-state index contributed by atoms with van der Waals surface area (Å²) >= 11 is 0. The molecule has 31 heavy (non-hydrogen) atoms. The predicted octanol–water partition coefficient (Wildman–Crippen LogP) is 2.78. The average Bonchev–Trinajstić information content (AvgIpc) is 2.75. The van der Waals surface area contributed by atoms with Crippen molar-refractivity contribution in [2.24, 2.45) is 5.73 Å². The van der Waals surface area contributed by atoms with Crippen LogP contribution in [0.2, 0.25) is 0 Å². The summed E-state index contributed by atoms with van der Waals surface area (Å²) in [7, 11) is 1.27. The molecule has 0 aliphatic carbocycles. The predicted molar refractivity (Wildman–Crippen MR) is 118 cm³/mol. The lowest BCUT2D eigenvalue weighted by Gasteiger charge is -2.29. The van der Waals surface area contributed by atoms with Gasteiger partial charge in [0.1, 0.15) is 11.3 Å². The van der Waals surface area contributed by atoms with E-state index in [-0.39, 0.29) is 30.2 Å². The lowest BCUT2D eigenvalue weighted by atomic mass is 9.82. The zero-order chi connectivity index (χ0) is 22.7. The van der Waals surface area contributed by atoms with Crippen molar-refractivity contribution in [1.29, 1.82) is 0 Å². The molecular formula is C24H30N2O5. The zero-order valence-corrected chi connectivity index (χ0v) is 18.5. The molecule has 0 fully saturated rings. The van der Waals surface area contributed by atoms with Gasteiger partial charge in [0.05, 0.1) is 25.2 Å². The highest BCUT2D eigenvalue weighted by atomic mass is 16.5. The molecule has 1 aliphatic heterocycles. The van der Waals surface area contributed by atoms with Gasteiger partial charge in [-0.05, 0) is 23.5 Å². The number of fused-ring (bicyclic) bond motifs is 1. The summed E-state index contributed by atoms with van der Waals surface area (Å²) in [6.45, 7) is 6.19.